The van der Waals surface area contributed by atoms with Crippen LogP contribution >= 0.6 is 0 Å². The monoisotopic (exact) mass is 404 g/mol. The third kappa shape index (κ3) is 3.60. The molecule has 0 radical (unpaired) electrons. The summed E-state index contributed by atoms with van der Waals surface area (Å²) in [6, 6.07) is 13.2. The van der Waals surface area contributed by atoms with Crippen molar-refractivity contribution in [2.45, 2.75) is 40.0 Å². The van der Waals surface area contributed by atoms with Crippen LogP contribution in [0.1, 0.15) is 42.9 Å². The van der Waals surface area contributed by atoms with Crippen LogP contribution in [0.4, 0.5) is 5.69 Å². The van der Waals surface area contributed by atoms with Gasteiger partial charge in [0.15, 0.2) is 0 Å². The predicted octanol–water partition coefficient (Wildman–Crippen LogP) is 4.47. The number of carbonyl (C=O) groups is 2. The van der Waals surface area contributed by atoms with Gasteiger partial charge in [-0.15, -0.1) is 0 Å². The van der Waals surface area contributed by atoms with Crippen molar-refractivity contribution in [3.8, 4) is 5.75 Å². The highest BCUT2D eigenvalue weighted by Crippen LogP contribution is 2.36. The van der Waals surface area contributed by atoms with Crippen molar-refractivity contribution in [1.82, 2.24) is 4.90 Å². The van der Waals surface area contributed by atoms with Gasteiger partial charge in [0.1, 0.15) is 11.4 Å². The van der Waals surface area contributed by atoms with Crippen LogP contribution in [0, 0.1) is 13.8 Å². The molecular formula is C25H28N2O3. The van der Waals surface area contributed by atoms with Crippen LogP contribution in [0.3, 0.4) is 0 Å². The van der Waals surface area contributed by atoms with E-state index in [1.807, 2.05) is 63.2 Å². The van der Waals surface area contributed by atoms with Gasteiger partial charge in [-0.2, -0.15) is 0 Å². The number of piperidine rings is 1. The maximum atomic E-state index is 13.6. The zero-order valence-electron chi connectivity index (χ0n) is 17.9. The van der Waals surface area contributed by atoms with E-state index in [9.17, 15) is 9.59 Å². The summed E-state index contributed by atoms with van der Waals surface area (Å²) in [7, 11) is 0. The minimum atomic E-state index is -0.256. The van der Waals surface area contributed by atoms with Gasteiger partial charge in [-0.1, -0.05) is 18.2 Å². The summed E-state index contributed by atoms with van der Waals surface area (Å²) in [5, 5.41) is 0. The Morgan fingerprint density at radius 1 is 0.867 bits per heavy atom. The van der Waals surface area contributed by atoms with E-state index >= 15 is 0 Å². The third-order valence-corrected chi connectivity index (χ3v) is 5.93. The first-order valence-electron chi connectivity index (χ1n) is 10.7. The Labute approximate surface area is 177 Å². The number of likely N-dealkylation sites (tertiary alicyclic amines) is 1. The maximum absolute atomic E-state index is 13.6. The Hall–Kier alpha value is -3.08. The molecule has 1 saturated heterocycles. The maximum Gasteiger partial charge on any atom is 0.282 e. The molecular weight excluding hydrogens is 376 g/mol. The Morgan fingerprint density at radius 3 is 2.20 bits per heavy atom. The van der Waals surface area contributed by atoms with Gasteiger partial charge in [-0.05, 0) is 81.0 Å². The molecule has 0 atom stereocenters. The van der Waals surface area contributed by atoms with Crippen LogP contribution in [0.5, 0.6) is 5.75 Å². The molecule has 2 heterocycles. The first-order valence-corrected chi connectivity index (χ1v) is 10.7. The Kier molecular flexibility index (Phi) is 5.62. The van der Waals surface area contributed by atoms with Crippen molar-refractivity contribution in [1.29, 1.82) is 0 Å². The van der Waals surface area contributed by atoms with E-state index in [0.29, 0.717) is 23.6 Å². The van der Waals surface area contributed by atoms with Crippen LogP contribution in [0.2, 0.25) is 0 Å². The molecule has 0 aromatic heterocycles. The van der Waals surface area contributed by atoms with Crippen molar-refractivity contribution in [3.05, 3.63) is 64.9 Å². The highest BCUT2D eigenvalue weighted by Gasteiger charge is 2.42. The molecule has 0 aliphatic carbocycles. The largest absolute Gasteiger partial charge is 0.494 e. The molecule has 2 amide bonds. The average molecular weight is 405 g/mol. The van der Waals surface area contributed by atoms with Crippen molar-refractivity contribution < 1.29 is 14.3 Å². The fraction of sp³-hybridized carbons (Fsp3) is 0.360. The van der Waals surface area contributed by atoms with E-state index in [1.165, 1.54) is 4.90 Å². The normalized spacial score (nSPS) is 17.2. The fourth-order valence-electron chi connectivity index (χ4n) is 4.17. The molecule has 2 aliphatic heterocycles. The van der Waals surface area contributed by atoms with Crippen LogP contribution in [-0.2, 0) is 9.59 Å². The zero-order valence-corrected chi connectivity index (χ0v) is 17.9. The average Bonchev–Trinajstić information content (AvgIpc) is 3.02. The molecule has 1 fully saturated rings. The van der Waals surface area contributed by atoms with Gasteiger partial charge in [-0.25, -0.2) is 4.90 Å². The number of imide groups is 1. The van der Waals surface area contributed by atoms with Gasteiger partial charge in [0.25, 0.3) is 11.8 Å². The number of rotatable bonds is 5. The summed E-state index contributed by atoms with van der Waals surface area (Å²) in [5.41, 5.74) is 4.59. The second-order valence-electron chi connectivity index (χ2n) is 7.94. The van der Waals surface area contributed by atoms with Gasteiger partial charge in [-0.3, -0.25) is 9.59 Å². The Balaban J connectivity index is 1.79. The number of benzene rings is 2. The lowest BCUT2D eigenvalue weighted by Gasteiger charge is -2.29. The topological polar surface area (TPSA) is 49.9 Å². The molecule has 2 aromatic carbocycles. The van der Waals surface area contributed by atoms with E-state index in [1.54, 1.807) is 0 Å². The van der Waals surface area contributed by atoms with Crippen molar-refractivity contribution in [3.63, 3.8) is 0 Å². The quantitative estimate of drug-likeness (QED) is 0.690. The van der Waals surface area contributed by atoms with Crippen LogP contribution < -0.4 is 9.64 Å². The van der Waals surface area contributed by atoms with Crippen molar-refractivity contribution >= 4 is 23.1 Å². The molecule has 156 valence electrons. The van der Waals surface area contributed by atoms with Gasteiger partial charge in [0, 0.05) is 13.1 Å². The first kappa shape index (κ1) is 20.2. The van der Waals surface area contributed by atoms with Gasteiger partial charge in [0.05, 0.1) is 17.9 Å². The molecule has 2 aromatic rings. The smallest absolute Gasteiger partial charge is 0.282 e. The lowest BCUT2D eigenvalue weighted by atomic mass is 10.0. The second kappa shape index (κ2) is 8.34. The van der Waals surface area contributed by atoms with Gasteiger partial charge < -0.3 is 9.64 Å². The van der Waals surface area contributed by atoms with Crippen LogP contribution in [0.15, 0.2) is 48.2 Å². The Morgan fingerprint density at radius 2 is 1.57 bits per heavy atom. The number of amides is 2. The van der Waals surface area contributed by atoms with Gasteiger partial charge >= 0.3 is 0 Å². The van der Waals surface area contributed by atoms with E-state index in [2.05, 4.69) is 4.90 Å². The SMILES string of the molecule is CCOc1ccc(C2=C(N3CCCCC3)C(=O)N(c3ccc(C)c(C)c3)C2=O)cc1. The van der Waals surface area contributed by atoms with E-state index in [4.69, 9.17) is 4.74 Å². The summed E-state index contributed by atoms with van der Waals surface area (Å²) < 4.78 is 5.54. The molecule has 0 spiro atoms. The molecule has 0 saturated carbocycles. The highest BCUT2D eigenvalue weighted by atomic mass is 16.5. The molecule has 0 bridgehead atoms. The highest BCUT2D eigenvalue weighted by molar-refractivity contribution is 6.45. The minimum absolute atomic E-state index is 0.228. The van der Waals surface area contributed by atoms with E-state index in [-0.39, 0.29) is 11.8 Å². The molecule has 0 unspecified atom stereocenters. The number of aryl methyl sites for hydroxylation is 2. The fourth-order valence-corrected chi connectivity index (χ4v) is 4.17. The lowest BCUT2D eigenvalue weighted by Crippen LogP contribution is -2.37. The number of anilines is 1. The van der Waals surface area contributed by atoms with Crippen LogP contribution in [-0.4, -0.2) is 36.4 Å². The summed E-state index contributed by atoms with van der Waals surface area (Å²) >= 11 is 0. The second-order valence-corrected chi connectivity index (χ2v) is 7.94. The summed E-state index contributed by atoms with van der Waals surface area (Å²) in [6.07, 6.45) is 3.22. The number of carbonyl (C=O) groups excluding carboxylic acids is 2. The number of hydrogen-bond acceptors (Lipinski definition) is 4. The van der Waals surface area contributed by atoms with Crippen LogP contribution in [0.25, 0.3) is 5.57 Å². The lowest BCUT2D eigenvalue weighted by molar-refractivity contribution is -0.120. The molecule has 0 N–H and O–H groups in total. The first-order chi connectivity index (χ1) is 14.5. The molecule has 4 rings (SSSR count). The minimum Gasteiger partial charge on any atom is -0.494 e. The Bertz CT molecular complexity index is 1000. The van der Waals surface area contributed by atoms with Gasteiger partial charge in [0.2, 0.25) is 0 Å². The number of nitrogens with zero attached hydrogens (tertiary/aromatic N) is 2. The third-order valence-electron chi connectivity index (χ3n) is 5.93. The van der Waals surface area contributed by atoms with E-state index in [0.717, 1.165) is 54.8 Å². The molecule has 2 aliphatic rings. The summed E-state index contributed by atoms with van der Waals surface area (Å²) in [5.74, 6) is 0.270. The molecule has 30 heavy (non-hydrogen) atoms. The van der Waals surface area contributed by atoms with E-state index < -0.39 is 0 Å². The standard InChI is InChI=1S/C25H28N2O3/c1-4-30-21-12-9-19(10-13-21)22-23(26-14-6-5-7-15-26)25(29)27(24(22)28)20-11-8-17(2)18(3)16-20/h8-13,16H,4-7,14-15H2,1-3H3. The zero-order chi connectivity index (χ0) is 21.3. The summed E-state index contributed by atoms with van der Waals surface area (Å²) in [4.78, 5) is 30.5. The van der Waals surface area contributed by atoms with Crippen molar-refractivity contribution in [2.75, 3.05) is 24.6 Å². The van der Waals surface area contributed by atoms with Crippen molar-refractivity contribution in [2.24, 2.45) is 0 Å². The molecule has 5 heteroatoms. The number of ether oxygens (including phenoxy) is 1. The molecule has 5 nitrogen and oxygen atoms in total. The number of hydrogen-bond donors (Lipinski definition) is 0. The predicted molar refractivity (Wildman–Crippen MR) is 118 cm³/mol. The summed E-state index contributed by atoms with van der Waals surface area (Å²) in [6.45, 7) is 8.14.